The first-order valence-electron chi connectivity index (χ1n) is 6.84. The molecule has 0 radical (unpaired) electrons. The molecule has 0 aromatic heterocycles. The first-order valence-corrected chi connectivity index (χ1v) is 8.74. The van der Waals surface area contributed by atoms with E-state index >= 15 is 0 Å². The number of fused-ring (bicyclic) bond motifs is 1. The first kappa shape index (κ1) is 13.5. The van der Waals surface area contributed by atoms with Crippen LogP contribution in [0.3, 0.4) is 0 Å². The molecule has 0 saturated carbocycles. The monoisotopic (exact) mass is 286 g/mol. The largest absolute Gasteiger partial charge is 0.485 e. The van der Waals surface area contributed by atoms with Crippen molar-refractivity contribution in [2.75, 3.05) is 6.35 Å². The Hall–Kier alpha value is -1.53. The van der Waals surface area contributed by atoms with Crippen molar-refractivity contribution in [3.05, 3.63) is 48.5 Å². The van der Waals surface area contributed by atoms with Crippen LogP contribution < -0.4 is 10.0 Å². The molecule has 0 N–H and O–H groups in total. The third kappa shape index (κ3) is 1.91. The van der Waals surface area contributed by atoms with Gasteiger partial charge in [0.15, 0.2) is 7.14 Å². The maximum atomic E-state index is 13.5. The summed E-state index contributed by atoms with van der Waals surface area (Å²) >= 11 is 0. The number of hydrogen-bond donors (Lipinski definition) is 0. The summed E-state index contributed by atoms with van der Waals surface area (Å²) < 4.78 is 19.3. The van der Waals surface area contributed by atoms with Gasteiger partial charge in [-0.15, -0.1) is 0 Å². The molecule has 2 aromatic rings. The van der Waals surface area contributed by atoms with E-state index in [0.717, 1.165) is 22.2 Å². The third-order valence-electron chi connectivity index (χ3n) is 3.93. The average molecular weight is 286 g/mol. The van der Waals surface area contributed by atoms with Gasteiger partial charge in [0.05, 0.1) is 5.30 Å². The van der Waals surface area contributed by atoms with Crippen molar-refractivity contribution >= 4 is 12.4 Å². The van der Waals surface area contributed by atoms with Gasteiger partial charge in [-0.3, -0.25) is 0 Å². The van der Waals surface area contributed by atoms with Crippen LogP contribution in [0.4, 0.5) is 0 Å². The molecule has 0 unspecified atom stereocenters. The molecule has 0 aliphatic carbocycles. The van der Waals surface area contributed by atoms with Crippen molar-refractivity contribution in [3.8, 4) is 16.9 Å². The summed E-state index contributed by atoms with van der Waals surface area (Å²) in [5.74, 6) is 0.782. The van der Waals surface area contributed by atoms with Crippen LogP contribution in [0.25, 0.3) is 11.1 Å². The van der Waals surface area contributed by atoms with Crippen LogP contribution in [-0.2, 0) is 4.57 Å². The minimum atomic E-state index is -2.57. The highest BCUT2D eigenvalue weighted by Gasteiger charge is 2.46. The van der Waals surface area contributed by atoms with Crippen LogP contribution in [0, 0.1) is 0 Å². The first-order chi connectivity index (χ1) is 9.43. The molecule has 3 rings (SSSR count). The molecule has 2 nitrogen and oxygen atoms in total. The van der Waals surface area contributed by atoms with E-state index in [1.807, 2.05) is 57.2 Å². The number of rotatable bonds is 1. The fourth-order valence-electron chi connectivity index (χ4n) is 2.62. The highest BCUT2D eigenvalue weighted by Crippen LogP contribution is 2.62. The van der Waals surface area contributed by atoms with Crippen LogP contribution in [0.1, 0.15) is 20.8 Å². The topological polar surface area (TPSA) is 26.3 Å². The lowest BCUT2D eigenvalue weighted by Crippen LogP contribution is -2.23. The molecule has 0 fully saturated rings. The van der Waals surface area contributed by atoms with Crippen molar-refractivity contribution < 1.29 is 9.30 Å². The molecular weight excluding hydrogens is 267 g/mol. The maximum absolute atomic E-state index is 13.5. The van der Waals surface area contributed by atoms with Crippen LogP contribution in [0.15, 0.2) is 48.5 Å². The molecule has 1 heterocycles. The van der Waals surface area contributed by atoms with Gasteiger partial charge >= 0.3 is 0 Å². The molecule has 1 aliphatic rings. The molecule has 2 aromatic carbocycles. The van der Waals surface area contributed by atoms with Crippen molar-refractivity contribution in [1.29, 1.82) is 0 Å². The fraction of sp³-hybridized carbons (Fsp3) is 0.294. The molecule has 0 bridgehead atoms. The van der Waals surface area contributed by atoms with Gasteiger partial charge in [0.25, 0.3) is 0 Å². The van der Waals surface area contributed by atoms with Gasteiger partial charge in [0.1, 0.15) is 12.1 Å². The minimum absolute atomic E-state index is 0.289. The Morgan fingerprint density at radius 3 is 2.35 bits per heavy atom. The minimum Gasteiger partial charge on any atom is -0.485 e. The summed E-state index contributed by atoms with van der Waals surface area (Å²) in [5.41, 5.74) is 2.14. The SMILES string of the molecule is CC(C)(C)[P@@]1(=O)COc2cccc(-c3ccccc3)c21. The Morgan fingerprint density at radius 2 is 1.70 bits per heavy atom. The smallest absolute Gasteiger partial charge is 0.160 e. The third-order valence-corrected chi connectivity index (χ3v) is 7.77. The van der Waals surface area contributed by atoms with Crippen LogP contribution in [0.2, 0.25) is 0 Å². The zero-order chi connectivity index (χ0) is 14.4. The predicted molar refractivity (Wildman–Crippen MR) is 84.4 cm³/mol. The van der Waals surface area contributed by atoms with E-state index in [4.69, 9.17) is 4.74 Å². The Labute approximate surface area is 120 Å². The highest BCUT2D eigenvalue weighted by atomic mass is 31.2. The number of ether oxygens (including phenoxy) is 1. The van der Waals surface area contributed by atoms with E-state index in [1.54, 1.807) is 0 Å². The normalized spacial score (nSPS) is 21.4. The van der Waals surface area contributed by atoms with E-state index in [-0.39, 0.29) is 5.16 Å². The van der Waals surface area contributed by atoms with Gasteiger partial charge in [-0.05, 0) is 17.2 Å². The van der Waals surface area contributed by atoms with Gasteiger partial charge in [0, 0.05) is 5.16 Å². The van der Waals surface area contributed by atoms with Crippen molar-refractivity contribution in [3.63, 3.8) is 0 Å². The molecule has 0 spiro atoms. The molecule has 3 heteroatoms. The lowest BCUT2D eigenvalue weighted by atomic mass is 10.1. The van der Waals surface area contributed by atoms with Crippen LogP contribution in [0.5, 0.6) is 5.75 Å². The fourth-order valence-corrected chi connectivity index (χ4v) is 5.21. The van der Waals surface area contributed by atoms with E-state index in [2.05, 4.69) is 12.1 Å². The zero-order valence-corrected chi connectivity index (χ0v) is 13.0. The molecule has 20 heavy (non-hydrogen) atoms. The Balaban J connectivity index is 2.28. The van der Waals surface area contributed by atoms with E-state index in [1.165, 1.54) is 0 Å². The molecule has 1 aliphatic heterocycles. The van der Waals surface area contributed by atoms with E-state index in [9.17, 15) is 4.57 Å². The second-order valence-electron chi connectivity index (χ2n) is 6.20. The predicted octanol–water partition coefficient (Wildman–Crippen LogP) is 4.49. The van der Waals surface area contributed by atoms with Crippen LogP contribution in [-0.4, -0.2) is 11.5 Å². The Kier molecular flexibility index (Phi) is 3.02. The van der Waals surface area contributed by atoms with Gasteiger partial charge in [-0.25, -0.2) is 0 Å². The van der Waals surface area contributed by atoms with Gasteiger partial charge < -0.3 is 9.30 Å². The van der Waals surface area contributed by atoms with Gasteiger partial charge in [-0.2, -0.15) is 0 Å². The van der Waals surface area contributed by atoms with Gasteiger partial charge in [-0.1, -0.05) is 63.2 Å². The summed E-state index contributed by atoms with van der Waals surface area (Å²) in [7, 11) is -2.57. The number of hydrogen-bond acceptors (Lipinski definition) is 2. The molecular formula is C17H19O2P. The summed E-state index contributed by atoms with van der Waals surface area (Å²) in [6, 6.07) is 16.1. The summed E-state index contributed by atoms with van der Waals surface area (Å²) in [5, 5.41) is 0.627. The molecule has 1 atom stereocenters. The zero-order valence-electron chi connectivity index (χ0n) is 12.1. The van der Waals surface area contributed by atoms with Gasteiger partial charge in [0.2, 0.25) is 0 Å². The second kappa shape index (κ2) is 4.49. The molecule has 104 valence electrons. The number of benzene rings is 2. The lowest BCUT2D eigenvalue weighted by molar-refractivity contribution is 0.389. The maximum Gasteiger partial charge on any atom is 0.160 e. The van der Waals surface area contributed by atoms with Crippen molar-refractivity contribution in [2.45, 2.75) is 25.9 Å². The van der Waals surface area contributed by atoms with E-state index in [0.29, 0.717) is 6.35 Å². The summed E-state index contributed by atoms with van der Waals surface area (Å²) in [6.45, 7) is 6.11. The molecule has 0 saturated heterocycles. The highest BCUT2D eigenvalue weighted by molar-refractivity contribution is 7.73. The average Bonchev–Trinajstić information content (AvgIpc) is 2.79. The van der Waals surface area contributed by atoms with E-state index < -0.39 is 7.14 Å². The quantitative estimate of drug-likeness (QED) is 0.722. The standard InChI is InChI=1S/C17H19O2P/c1-17(2,3)20(18)12-19-15-11-7-10-14(16(15)20)13-8-5-4-6-9-13/h4-11H,12H2,1-3H3/t20-/m1/s1. The van der Waals surface area contributed by atoms with Crippen molar-refractivity contribution in [1.82, 2.24) is 0 Å². The molecule has 0 amide bonds. The summed E-state index contributed by atoms with van der Waals surface area (Å²) in [6.07, 6.45) is 0.315. The van der Waals surface area contributed by atoms with Crippen LogP contribution >= 0.6 is 7.14 Å². The second-order valence-corrected chi connectivity index (χ2v) is 9.73. The Bertz CT molecular complexity index is 684. The lowest BCUT2D eigenvalue weighted by Gasteiger charge is -2.27. The van der Waals surface area contributed by atoms with Crippen molar-refractivity contribution in [2.24, 2.45) is 0 Å². The summed E-state index contributed by atoms with van der Waals surface area (Å²) in [4.78, 5) is 0. The Morgan fingerprint density at radius 1 is 1.00 bits per heavy atom.